The van der Waals surface area contributed by atoms with Crippen LogP contribution in [0.4, 0.5) is 5.69 Å². The van der Waals surface area contributed by atoms with Crippen LogP contribution < -0.4 is 14.8 Å². The molecular weight excluding hydrogens is 492 g/mol. The van der Waals surface area contributed by atoms with Crippen LogP contribution in [-0.2, 0) is 4.79 Å². The van der Waals surface area contributed by atoms with E-state index in [9.17, 15) is 4.79 Å². The molecule has 1 unspecified atom stereocenters. The van der Waals surface area contributed by atoms with Crippen LogP contribution in [0.1, 0.15) is 44.3 Å². The number of benzene rings is 2. The van der Waals surface area contributed by atoms with Crippen LogP contribution in [0.25, 0.3) is 0 Å². The lowest BCUT2D eigenvalue weighted by Crippen LogP contribution is -2.16. The second-order valence-electron chi connectivity index (χ2n) is 7.52. The molecule has 3 aromatic rings. The van der Waals surface area contributed by atoms with Gasteiger partial charge in [-0.25, -0.2) is 0 Å². The first-order valence-corrected chi connectivity index (χ1v) is 12.0. The van der Waals surface area contributed by atoms with E-state index in [4.69, 9.17) is 9.47 Å². The second-order valence-corrected chi connectivity index (χ2v) is 9.31. The Morgan fingerprint density at radius 3 is 2.53 bits per heavy atom. The molecule has 9 heteroatoms. The molecule has 0 radical (unpaired) electrons. The Hall–Kier alpha value is -2.52. The molecule has 7 nitrogen and oxygen atoms in total. The highest BCUT2D eigenvalue weighted by Crippen LogP contribution is 2.32. The summed E-state index contributed by atoms with van der Waals surface area (Å²) in [6, 6.07) is 13.3. The Kier molecular flexibility index (Phi) is 8.20. The average Bonchev–Trinajstić information content (AvgIpc) is 3.20. The molecule has 0 spiro atoms. The van der Waals surface area contributed by atoms with Crippen molar-refractivity contribution in [1.82, 2.24) is 14.8 Å². The van der Waals surface area contributed by atoms with Crippen molar-refractivity contribution in [3.63, 3.8) is 0 Å². The zero-order valence-electron chi connectivity index (χ0n) is 18.8. The van der Waals surface area contributed by atoms with Crippen molar-refractivity contribution in [2.45, 2.75) is 45.0 Å². The lowest BCUT2D eigenvalue weighted by molar-refractivity contribution is -0.113. The summed E-state index contributed by atoms with van der Waals surface area (Å²) >= 11 is 4.82. The zero-order chi connectivity index (χ0) is 23.3. The van der Waals surface area contributed by atoms with Gasteiger partial charge in [0.1, 0.15) is 0 Å². The molecule has 0 fully saturated rings. The maximum atomic E-state index is 12.5. The standard InChI is InChI=1S/C23H27BrN4O3S/c1-14(2)28-22(16(4)31-20-9-7-6-8-19(20)30-5)26-27-23(28)32-13-21(29)25-17-10-11-18(24)15(3)12-17/h6-12,14,16H,13H2,1-5H3,(H,25,29). The van der Waals surface area contributed by atoms with Gasteiger partial charge in [0.05, 0.1) is 12.9 Å². The molecule has 1 aromatic heterocycles. The Bertz CT molecular complexity index is 1090. The quantitative estimate of drug-likeness (QED) is 0.360. The first-order chi connectivity index (χ1) is 15.3. The van der Waals surface area contributed by atoms with E-state index in [2.05, 4.69) is 45.3 Å². The lowest BCUT2D eigenvalue weighted by Gasteiger charge is -2.19. The van der Waals surface area contributed by atoms with Gasteiger partial charge in [-0.05, 0) is 63.6 Å². The van der Waals surface area contributed by atoms with Gasteiger partial charge >= 0.3 is 0 Å². The number of aromatic nitrogens is 3. The molecule has 32 heavy (non-hydrogen) atoms. The van der Waals surface area contributed by atoms with Gasteiger partial charge in [-0.3, -0.25) is 4.79 Å². The highest BCUT2D eigenvalue weighted by Gasteiger charge is 2.23. The molecule has 1 N–H and O–H groups in total. The zero-order valence-corrected chi connectivity index (χ0v) is 21.2. The van der Waals surface area contributed by atoms with E-state index in [0.717, 1.165) is 15.7 Å². The summed E-state index contributed by atoms with van der Waals surface area (Å²) < 4.78 is 14.5. The molecule has 0 aliphatic heterocycles. The van der Waals surface area contributed by atoms with E-state index < -0.39 is 0 Å². The lowest BCUT2D eigenvalue weighted by atomic mass is 10.2. The first-order valence-electron chi connectivity index (χ1n) is 10.2. The molecular formula is C23H27BrN4O3S. The fraction of sp³-hybridized carbons (Fsp3) is 0.348. The van der Waals surface area contributed by atoms with Crippen LogP contribution in [0.2, 0.25) is 0 Å². The highest BCUT2D eigenvalue weighted by atomic mass is 79.9. The topological polar surface area (TPSA) is 78.3 Å². The molecule has 0 saturated carbocycles. The SMILES string of the molecule is COc1ccccc1OC(C)c1nnc(SCC(=O)Nc2ccc(Br)c(C)c2)n1C(C)C. The molecule has 2 aromatic carbocycles. The van der Waals surface area contributed by atoms with Crippen molar-refractivity contribution >= 4 is 39.3 Å². The number of halogens is 1. The van der Waals surface area contributed by atoms with E-state index in [0.29, 0.717) is 22.5 Å². The van der Waals surface area contributed by atoms with E-state index >= 15 is 0 Å². The molecule has 0 saturated heterocycles. The molecule has 0 aliphatic rings. The Morgan fingerprint density at radius 1 is 1.16 bits per heavy atom. The third-order valence-corrected chi connectivity index (χ3v) is 6.55. The fourth-order valence-corrected chi connectivity index (χ4v) is 4.28. The van der Waals surface area contributed by atoms with Gasteiger partial charge in [0.2, 0.25) is 5.91 Å². The van der Waals surface area contributed by atoms with Crippen molar-refractivity contribution in [1.29, 1.82) is 0 Å². The number of thioether (sulfide) groups is 1. The maximum absolute atomic E-state index is 12.5. The summed E-state index contributed by atoms with van der Waals surface area (Å²) in [5.74, 6) is 2.11. The molecule has 0 aliphatic carbocycles. The van der Waals surface area contributed by atoms with Crippen LogP contribution in [-0.4, -0.2) is 33.5 Å². The maximum Gasteiger partial charge on any atom is 0.234 e. The first kappa shape index (κ1) is 24.1. The number of carbonyl (C=O) groups is 1. The fourth-order valence-electron chi connectivity index (χ4n) is 3.16. The molecule has 0 bridgehead atoms. The van der Waals surface area contributed by atoms with Gasteiger partial charge in [-0.15, -0.1) is 10.2 Å². The van der Waals surface area contributed by atoms with Gasteiger partial charge in [0, 0.05) is 16.2 Å². The summed E-state index contributed by atoms with van der Waals surface area (Å²) in [6.07, 6.45) is -0.352. The summed E-state index contributed by atoms with van der Waals surface area (Å²) in [5.41, 5.74) is 1.82. The average molecular weight is 519 g/mol. The minimum absolute atomic E-state index is 0.100. The second kappa shape index (κ2) is 10.9. The summed E-state index contributed by atoms with van der Waals surface area (Å²) in [5, 5.41) is 12.3. The highest BCUT2D eigenvalue weighted by molar-refractivity contribution is 9.10. The molecule has 170 valence electrons. The molecule has 1 heterocycles. The van der Waals surface area contributed by atoms with Crippen molar-refractivity contribution < 1.29 is 14.3 Å². The predicted octanol–water partition coefficient (Wildman–Crippen LogP) is 5.81. The minimum atomic E-state index is -0.352. The van der Waals surface area contributed by atoms with E-state index in [1.54, 1.807) is 7.11 Å². The third kappa shape index (κ3) is 5.83. The van der Waals surface area contributed by atoms with Crippen molar-refractivity contribution in [3.05, 3.63) is 58.3 Å². The van der Waals surface area contributed by atoms with Crippen LogP contribution in [0, 0.1) is 6.92 Å². The normalized spacial score (nSPS) is 12.0. The number of para-hydroxylation sites is 2. The van der Waals surface area contributed by atoms with Gasteiger partial charge in [0.15, 0.2) is 28.6 Å². The van der Waals surface area contributed by atoms with Crippen LogP contribution in [0.5, 0.6) is 11.5 Å². The number of nitrogens with one attached hydrogen (secondary N) is 1. The monoisotopic (exact) mass is 518 g/mol. The van der Waals surface area contributed by atoms with Gasteiger partial charge in [-0.2, -0.15) is 0 Å². The Balaban J connectivity index is 1.70. The van der Waals surface area contributed by atoms with Crippen molar-refractivity contribution in [2.75, 3.05) is 18.2 Å². The van der Waals surface area contributed by atoms with E-state index in [-0.39, 0.29) is 23.8 Å². The third-order valence-electron chi connectivity index (χ3n) is 4.72. The van der Waals surface area contributed by atoms with Crippen LogP contribution in [0.15, 0.2) is 52.1 Å². The molecule has 3 rings (SSSR count). The number of amides is 1. The number of anilines is 1. The van der Waals surface area contributed by atoms with Gasteiger partial charge in [0.25, 0.3) is 0 Å². The summed E-state index contributed by atoms with van der Waals surface area (Å²) in [6.45, 7) is 8.01. The van der Waals surface area contributed by atoms with E-state index in [1.807, 2.05) is 60.9 Å². The number of hydrogen-bond donors (Lipinski definition) is 1. The number of rotatable bonds is 9. The van der Waals surface area contributed by atoms with Gasteiger partial charge in [-0.1, -0.05) is 39.8 Å². The minimum Gasteiger partial charge on any atom is -0.493 e. The number of carbonyl (C=O) groups excluding carboxylic acids is 1. The summed E-state index contributed by atoms with van der Waals surface area (Å²) in [4.78, 5) is 12.5. The number of methoxy groups -OCH3 is 1. The summed E-state index contributed by atoms with van der Waals surface area (Å²) in [7, 11) is 1.61. The van der Waals surface area contributed by atoms with E-state index in [1.165, 1.54) is 11.8 Å². The number of ether oxygens (including phenoxy) is 2. The number of hydrogen-bond acceptors (Lipinski definition) is 6. The van der Waals surface area contributed by atoms with Crippen molar-refractivity contribution in [2.24, 2.45) is 0 Å². The Labute approximate surface area is 201 Å². The molecule has 1 amide bonds. The smallest absolute Gasteiger partial charge is 0.234 e. The number of aryl methyl sites for hydroxylation is 1. The predicted molar refractivity (Wildman–Crippen MR) is 131 cm³/mol. The number of nitrogens with zero attached hydrogens (tertiary/aromatic N) is 3. The van der Waals surface area contributed by atoms with Crippen LogP contribution >= 0.6 is 27.7 Å². The molecule has 1 atom stereocenters. The van der Waals surface area contributed by atoms with Crippen molar-refractivity contribution in [3.8, 4) is 11.5 Å². The Morgan fingerprint density at radius 2 is 1.88 bits per heavy atom. The van der Waals surface area contributed by atoms with Crippen LogP contribution in [0.3, 0.4) is 0 Å². The largest absolute Gasteiger partial charge is 0.493 e. The van der Waals surface area contributed by atoms with Gasteiger partial charge < -0.3 is 19.4 Å².